The predicted octanol–water partition coefficient (Wildman–Crippen LogP) is 4.44. The molecule has 1 aliphatic heterocycles. The standard InChI is InChI=1S/C22H25FN2O2/c1-15(2)16-7-11-20(12-8-16)24-21(26)18-4-3-13-25(14-18)22(27)17-5-9-19(23)10-6-17/h5-12,15,18H,3-4,13-14H2,1-2H3,(H,24,26). The fourth-order valence-corrected chi connectivity index (χ4v) is 3.35. The molecule has 0 radical (unpaired) electrons. The van der Waals surface area contributed by atoms with Crippen LogP contribution in [0.4, 0.5) is 10.1 Å². The average molecular weight is 368 g/mol. The number of likely N-dealkylation sites (tertiary alicyclic amines) is 1. The van der Waals surface area contributed by atoms with E-state index in [4.69, 9.17) is 0 Å². The first kappa shape index (κ1) is 19.1. The number of hydrogen-bond donors (Lipinski definition) is 1. The zero-order valence-corrected chi connectivity index (χ0v) is 15.7. The minimum absolute atomic E-state index is 0.0658. The second-order valence-corrected chi connectivity index (χ2v) is 7.36. The van der Waals surface area contributed by atoms with Crippen molar-refractivity contribution in [2.75, 3.05) is 18.4 Å². The van der Waals surface area contributed by atoms with Gasteiger partial charge < -0.3 is 10.2 Å². The third-order valence-electron chi connectivity index (χ3n) is 5.02. The van der Waals surface area contributed by atoms with Gasteiger partial charge in [-0.2, -0.15) is 0 Å². The fourth-order valence-electron chi connectivity index (χ4n) is 3.35. The Morgan fingerprint density at radius 3 is 2.37 bits per heavy atom. The van der Waals surface area contributed by atoms with Gasteiger partial charge in [0.25, 0.3) is 5.91 Å². The highest BCUT2D eigenvalue weighted by Crippen LogP contribution is 2.22. The molecule has 1 saturated heterocycles. The zero-order chi connectivity index (χ0) is 19.4. The van der Waals surface area contributed by atoms with Crippen molar-refractivity contribution in [3.8, 4) is 0 Å². The first-order chi connectivity index (χ1) is 12.9. The van der Waals surface area contributed by atoms with Crippen LogP contribution in [-0.2, 0) is 4.79 Å². The molecule has 0 saturated carbocycles. The van der Waals surface area contributed by atoms with Crippen molar-refractivity contribution >= 4 is 17.5 Å². The van der Waals surface area contributed by atoms with Crippen LogP contribution in [0.15, 0.2) is 48.5 Å². The third-order valence-corrected chi connectivity index (χ3v) is 5.02. The van der Waals surface area contributed by atoms with Gasteiger partial charge in [0.1, 0.15) is 5.82 Å². The van der Waals surface area contributed by atoms with E-state index in [2.05, 4.69) is 19.2 Å². The molecule has 1 atom stereocenters. The van der Waals surface area contributed by atoms with E-state index >= 15 is 0 Å². The number of anilines is 1. The molecular formula is C22H25FN2O2. The van der Waals surface area contributed by atoms with Crippen LogP contribution in [0, 0.1) is 11.7 Å². The van der Waals surface area contributed by atoms with Crippen LogP contribution in [0.1, 0.15) is 48.5 Å². The summed E-state index contributed by atoms with van der Waals surface area (Å²) in [7, 11) is 0. The van der Waals surface area contributed by atoms with Gasteiger partial charge in [-0.05, 0) is 60.7 Å². The molecule has 1 aliphatic rings. The molecule has 4 nitrogen and oxygen atoms in total. The number of benzene rings is 2. The minimum Gasteiger partial charge on any atom is -0.338 e. The summed E-state index contributed by atoms with van der Waals surface area (Å²) in [5.74, 6) is -0.393. The third kappa shape index (κ3) is 4.73. The summed E-state index contributed by atoms with van der Waals surface area (Å²) in [6.07, 6.45) is 1.53. The lowest BCUT2D eigenvalue weighted by molar-refractivity contribution is -0.121. The molecule has 5 heteroatoms. The lowest BCUT2D eigenvalue weighted by Gasteiger charge is -2.32. The van der Waals surface area contributed by atoms with Gasteiger partial charge >= 0.3 is 0 Å². The second-order valence-electron chi connectivity index (χ2n) is 7.36. The van der Waals surface area contributed by atoms with E-state index in [0.29, 0.717) is 24.6 Å². The van der Waals surface area contributed by atoms with Crippen molar-refractivity contribution in [1.82, 2.24) is 4.90 Å². The highest BCUT2D eigenvalue weighted by atomic mass is 19.1. The quantitative estimate of drug-likeness (QED) is 0.867. The van der Waals surface area contributed by atoms with E-state index in [1.165, 1.54) is 29.8 Å². The topological polar surface area (TPSA) is 49.4 Å². The second kappa shape index (κ2) is 8.33. The van der Waals surface area contributed by atoms with E-state index < -0.39 is 0 Å². The number of nitrogens with one attached hydrogen (secondary N) is 1. The molecule has 0 bridgehead atoms. The van der Waals surface area contributed by atoms with E-state index in [1.807, 2.05) is 24.3 Å². The van der Waals surface area contributed by atoms with Gasteiger partial charge in [-0.15, -0.1) is 0 Å². The zero-order valence-electron chi connectivity index (χ0n) is 15.7. The number of carbonyl (C=O) groups is 2. The molecule has 1 N–H and O–H groups in total. The van der Waals surface area contributed by atoms with Crippen LogP contribution < -0.4 is 5.32 Å². The van der Waals surface area contributed by atoms with Crippen molar-refractivity contribution < 1.29 is 14.0 Å². The van der Waals surface area contributed by atoms with Crippen LogP contribution >= 0.6 is 0 Å². The lowest BCUT2D eigenvalue weighted by Crippen LogP contribution is -2.43. The first-order valence-corrected chi connectivity index (χ1v) is 9.39. The molecule has 2 aromatic carbocycles. The molecule has 2 amide bonds. The Balaban J connectivity index is 1.62. The van der Waals surface area contributed by atoms with Crippen LogP contribution in [0.3, 0.4) is 0 Å². The first-order valence-electron chi connectivity index (χ1n) is 9.39. The highest BCUT2D eigenvalue weighted by Gasteiger charge is 2.29. The summed E-state index contributed by atoms with van der Waals surface area (Å²) in [6.45, 7) is 5.25. The Labute approximate surface area is 159 Å². The summed E-state index contributed by atoms with van der Waals surface area (Å²) in [4.78, 5) is 26.9. The van der Waals surface area contributed by atoms with Crippen LogP contribution in [0.5, 0.6) is 0 Å². The molecule has 1 fully saturated rings. The summed E-state index contributed by atoms with van der Waals surface area (Å²) in [5.41, 5.74) is 2.44. The molecule has 0 spiro atoms. The molecule has 3 rings (SSSR count). The molecule has 142 valence electrons. The summed E-state index contributed by atoms with van der Waals surface area (Å²) < 4.78 is 13.1. The van der Waals surface area contributed by atoms with Gasteiger partial charge in [-0.1, -0.05) is 26.0 Å². The van der Waals surface area contributed by atoms with E-state index in [0.717, 1.165) is 18.5 Å². The van der Waals surface area contributed by atoms with Gasteiger partial charge in [0.15, 0.2) is 0 Å². The molecule has 27 heavy (non-hydrogen) atoms. The van der Waals surface area contributed by atoms with Crippen molar-refractivity contribution in [1.29, 1.82) is 0 Å². The Hall–Kier alpha value is -2.69. The number of piperidine rings is 1. The highest BCUT2D eigenvalue weighted by molar-refractivity contribution is 5.96. The van der Waals surface area contributed by atoms with Crippen molar-refractivity contribution in [3.63, 3.8) is 0 Å². The summed E-state index contributed by atoms with van der Waals surface area (Å²) in [5, 5.41) is 2.96. The van der Waals surface area contributed by atoms with Crippen LogP contribution in [0.25, 0.3) is 0 Å². The molecular weight excluding hydrogens is 343 g/mol. The molecule has 1 heterocycles. The number of hydrogen-bond acceptors (Lipinski definition) is 2. The molecule has 0 aliphatic carbocycles. The SMILES string of the molecule is CC(C)c1ccc(NC(=O)C2CCCN(C(=O)c3ccc(F)cc3)C2)cc1. The number of halogens is 1. The monoisotopic (exact) mass is 368 g/mol. The Bertz CT molecular complexity index is 800. The molecule has 0 aromatic heterocycles. The van der Waals surface area contributed by atoms with Gasteiger partial charge in [0, 0.05) is 24.3 Å². The van der Waals surface area contributed by atoms with E-state index in [9.17, 15) is 14.0 Å². The predicted molar refractivity (Wildman–Crippen MR) is 104 cm³/mol. The Morgan fingerprint density at radius 1 is 1.07 bits per heavy atom. The van der Waals surface area contributed by atoms with Crippen molar-refractivity contribution in [3.05, 3.63) is 65.5 Å². The van der Waals surface area contributed by atoms with Crippen molar-refractivity contribution in [2.24, 2.45) is 5.92 Å². The van der Waals surface area contributed by atoms with Gasteiger partial charge in [-0.3, -0.25) is 9.59 Å². The van der Waals surface area contributed by atoms with E-state index in [-0.39, 0.29) is 23.5 Å². The average Bonchev–Trinajstić information content (AvgIpc) is 2.68. The van der Waals surface area contributed by atoms with Gasteiger partial charge in [0.2, 0.25) is 5.91 Å². The normalized spacial score (nSPS) is 17.0. The number of carbonyl (C=O) groups excluding carboxylic acids is 2. The minimum atomic E-state index is -0.370. The fraction of sp³-hybridized carbons (Fsp3) is 0.364. The van der Waals surface area contributed by atoms with Gasteiger partial charge in [0.05, 0.1) is 5.92 Å². The number of nitrogens with zero attached hydrogens (tertiary/aromatic N) is 1. The van der Waals surface area contributed by atoms with Crippen molar-refractivity contribution in [2.45, 2.75) is 32.6 Å². The van der Waals surface area contributed by atoms with Crippen LogP contribution in [-0.4, -0.2) is 29.8 Å². The van der Waals surface area contributed by atoms with Crippen LogP contribution in [0.2, 0.25) is 0 Å². The maximum absolute atomic E-state index is 13.1. The lowest BCUT2D eigenvalue weighted by atomic mass is 9.96. The van der Waals surface area contributed by atoms with E-state index in [1.54, 1.807) is 4.90 Å². The van der Waals surface area contributed by atoms with Gasteiger partial charge in [-0.25, -0.2) is 4.39 Å². The maximum Gasteiger partial charge on any atom is 0.253 e. The number of rotatable bonds is 4. The summed E-state index contributed by atoms with van der Waals surface area (Å²) in [6, 6.07) is 13.4. The Morgan fingerprint density at radius 2 is 1.74 bits per heavy atom. The Kier molecular flexibility index (Phi) is 5.89. The largest absolute Gasteiger partial charge is 0.338 e. The molecule has 1 unspecified atom stereocenters. The maximum atomic E-state index is 13.1. The summed E-state index contributed by atoms with van der Waals surface area (Å²) >= 11 is 0. The smallest absolute Gasteiger partial charge is 0.253 e. The number of amides is 2. The molecule has 2 aromatic rings.